The van der Waals surface area contributed by atoms with Gasteiger partial charge in [0.2, 0.25) is 0 Å². The SMILES string of the molecule is CNCc1ccccc1Pc1cc(C)cc(C(C)(C)C)c1O. The second-order valence-corrected chi connectivity index (χ2v) is 8.10. The van der Waals surface area contributed by atoms with Crippen LogP contribution < -0.4 is 15.9 Å². The fourth-order valence-corrected chi connectivity index (χ4v) is 3.93. The molecule has 1 atom stereocenters. The highest BCUT2D eigenvalue weighted by molar-refractivity contribution is 7.55. The third-order valence-electron chi connectivity index (χ3n) is 3.72. The van der Waals surface area contributed by atoms with Gasteiger partial charge in [0.15, 0.2) is 0 Å². The van der Waals surface area contributed by atoms with Crippen LogP contribution >= 0.6 is 8.58 Å². The Morgan fingerprint density at radius 2 is 1.77 bits per heavy atom. The van der Waals surface area contributed by atoms with Crippen LogP contribution in [0.15, 0.2) is 36.4 Å². The highest BCUT2D eigenvalue weighted by atomic mass is 31.1. The van der Waals surface area contributed by atoms with E-state index in [4.69, 9.17) is 0 Å². The Hall–Kier alpha value is -1.37. The summed E-state index contributed by atoms with van der Waals surface area (Å²) < 4.78 is 0. The molecule has 2 aromatic rings. The van der Waals surface area contributed by atoms with Crippen LogP contribution in [0.25, 0.3) is 0 Å². The van der Waals surface area contributed by atoms with E-state index in [1.54, 1.807) is 0 Å². The molecule has 0 heterocycles. The highest BCUT2D eigenvalue weighted by Crippen LogP contribution is 2.33. The maximum atomic E-state index is 10.7. The minimum absolute atomic E-state index is 0.0557. The molecule has 0 saturated heterocycles. The molecule has 0 aliphatic rings. The van der Waals surface area contributed by atoms with Crippen molar-refractivity contribution < 1.29 is 5.11 Å². The number of nitrogens with one attached hydrogen (secondary N) is 1. The molecule has 1 unspecified atom stereocenters. The third kappa shape index (κ3) is 3.88. The van der Waals surface area contributed by atoms with Crippen LogP contribution in [0.5, 0.6) is 5.75 Å². The molecule has 0 aliphatic carbocycles. The van der Waals surface area contributed by atoms with E-state index in [0.29, 0.717) is 14.3 Å². The molecular weight excluding hydrogens is 289 g/mol. The molecule has 0 radical (unpaired) electrons. The molecule has 118 valence electrons. The van der Waals surface area contributed by atoms with Crippen molar-refractivity contribution in [1.82, 2.24) is 5.32 Å². The van der Waals surface area contributed by atoms with Crippen molar-refractivity contribution in [2.24, 2.45) is 0 Å². The van der Waals surface area contributed by atoms with Gasteiger partial charge in [-0.15, -0.1) is 0 Å². The number of hydrogen-bond donors (Lipinski definition) is 2. The summed E-state index contributed by atoms with van der Waals surface area (Å²) in [4.78, 5) is 0. The summed E-state index contributed by atoms with van der Waals surface area (Å²) in [5.74, 6) is 0.454. The van der Waals surface area contributed by atoms with Gasteiger partial charge >= 0.3 is 0 Å². The number of benzene rings is 2. The standard InChI is InChI=1S/C19H26NOP/c1-13-10-15(19(2,3)4)18(21)17(11-13)22-16-9-7-6-8-14(16)12-20-5/h6-11,20-22H,12H2,1-5H3. The predicted octanol–water partition coefficient (Wildman–Crippen LogP) is 3.35. The quantitative estimate of drug-likeness (QED) is 0.848. The Labute approximate surface area is 135 Å². The van der Waals surface area contributed by atoms with E-state index in [1.807, 2.05) is 7.05 Å². The lowest BCUT2D eigenvalue weighted by molar-refractivity contribution is 0.450. The van der Waals surface area contributed by atoms with Crippen molar-refractivity contribution in [2.45, 2.75) is 39.7 Å². The zero-order valence-corrected chi connectivity index (χ0v) is 15.1. The number of aromatic hydroxyl groups is 1. The topological polar surface area (TPSA) is 32.3 Å². The van der Waals surface area contributed by atoms with Gasteiger partial charge in [0.1, 0.15) is 5.75 Å². The van der Waals surface area contributed by atoms with E-state index in [0.717, 1.165) is 17.4 Å². The van der Waals surface area contributed by atoms with Crippen LogP contribution in [-0.4, -0.2) is 12.2 Å². The van der Waals surface area contributed by atoms with Crippen LogP contribution in [0.4, 0.5) is 0 Å². The molecule has 2 N–H and O–H groups in total. The normalized spacial score (nSPS) is 12.2. The van der Waals surface area contributed by atoms with Crippen LogP contribution in [-0.2, 0) is 12.0 Å². The maximum absolute atomic E-state index is 10.7. The summed E-state index contributed by atoms with van der Waals surface area (Å²) in [6.45, 7) is 9.38. The number of hydrogen-bond acceptors (Lipinski definition) is 2. The van der Waals surface area contributed by atoms with Gasteiger partial charge in [-0.25, -0.2) is 0 Å². The summed E-state index contributed by atoms with van der Waals surface area (Å²) in [5, 5.41) is 16.3. The van der Waals surface area contributed by atoms with Crippen molar-refractivity contribution in [3.63, 3.8) is 0 Å². The Morgan fingerprint density at radius 3 is 2.41 bits per heavy atom. The molecule has 3 heteroatoms. The second kappa shape index (κ2) is 6.81. The van der Waals surface area contributed by atoms with E-state index in [9.17, 15) is 5.11 Å². The van der Waals surface area contributed by atoms with E-state index < -0.39 is 0 Å². The first-order valence-electron chi connectivity index (χ1n) is 7.66. The minimum Gasteiger partial charge on any atom is -0.507 e. The molecule has 0 fully saturated rings. The molecule has 2 nitrogen and oxygen atoms in total. The molecule has 0 aromatic heterocycles. The van der Waals surface area contributed by atoms with E-state index in [1.165, 1.54) is 16.4 Å². The van der Waals surface area contributed by atoms with Gasteiger partial charge in [0.25, 0.3) is 0 Å². The largest absolute Gasteiger partial charge is 0.507 e. The van der Waals surface area contributed by atoms with Crippen molar-refractivity contribution in [3.05, 3.63) is 53.1 Å². The van der Waals surface area contributed by atoms with Crippen molar-refractivity contribution >= 4 is 19.2 Å². The van der Waals surface area contributed by atoms with Crippen LogP contribution in [0.1, 0.15) is 37.5 Å². The van der Waals surface area contributed by atoms with Gasteiger partial charge in [-0.05, 0) is 41.9 Å². The monoisotopic (exact) mass is 315 g/mol. The number of rotatable bonds is 4. The molecule has 2 rings (SSSR count). The fraction of sp³-hybridized carbons (Fsp3) is 0.368. The highest BCUT2D eigenvalue weighted by Gasteiger charge is 2.21. The summed E-state index contributed by atoms with van der Waals surface area (Å²) in [6, 6.07) is 12.7. The van der Waals surface area contributed by atoms with Gasteiger partial charge in [0, 0.05) is 17.4 Å². The number of phenolic OH excluding ortho intramolecular Hbond substituents is 1. The average molecular weight is 315 g/mol. The lowest BCUT2D eigenvalue weighted by atomic mass is 9.85. The van der Waals surface area contributed by atoms with Crippen molar-refractivity contribution in [1.29, 1.82) is 0 Å². The molecule has 0 aliphatic heterocycles. The van der Waals surface area contributed by atoms with E-state index in [2.05, 4.69) is 69.4 Å². The zero-order valence-electron chi connectivity index (χ0n) is 14.1. The predicted molar refractivity (Wildman–Crippen MR) is 98.3 cm³/mol. The first-order chi connectivity index (χ1) is 10.3. The second-order valence-electron chi connectivity index (χ2n) is 6.77. The van der Waals surface area contributed by atoms with Gasteiger partial charge in [0.05, 0.1) is 0 Å². The first kappa shape index (κ1) is 17.0. The molecule has 2 aromatic carbocycles. The van der Waals surface area contributed by atoms with Crippen molar-refractivity contribution in [2.75, 3.05) is 7.05 Å². The van der Waals surface area contributed by atoms with Gasteiger partial charge in [-0.3, -0.25) is 0 Å². The summed E-state index contributed by atoms with van der Waals surface area (Å²) in [6.07, 6.45) is 0. The van der Waals surface area contributed by atoms with Crippen LogP contribution in [0.3, 0.4) is 0 Å². The first-order valence-corrected chi connectivity index (χ1v) is 8.66. The summed E-state index contributed by atoms with van der Waals surface area (Å²) >= 11 is 0. The summed E-state index contributed by atoms with van der Waals surface area (Å²) in [5.41, 5.74) is 3.47. The zero-order chi connectivity index (χ0) is 16.3. The van der Waals surface area contributed by atoms with E-state index >= 15 is 0 Å². The maximum Gasteiger partial charge on any atom is 0.127 e. The lowest BCUT2D eigenvalue weighted by Gasteiger charge is -2.23. The Kier molecular flexibility index (Phi) is 5.26. The van der Waals surface area contributed by atoms with E-state index in [-0.39, 0.29) is 5.41 Å². The number of aryl methyl sites for hydroxylation is 1. The third-order valence-corrected chi connectivity index (χ3v) is 5.12. The molecule has 0 bridgehead atoms. The molecule has 0 spiro atoms. The number of phenols is 1. The van der Waals surface area contributed by atoms with Crippen LogP contribution in [0.2, 0.25) is 0 Å². The molecule has 0 saturated carbocycles. The Balaban J connectivity index is 2.45. The Bertz CT molecular complexity index is 659. The summed E-state index contributed by atoms with van der Waals surface area (Å²) in [7, 11) is 2.43. The van der Waals surface area contributed by atoms with Gasteiger partial charge in [-0.2, -0.15) is 0 Å². The van der Waals surface area contributed by atoms with Crippen molar-refractivity contribution in [3.8, 4) is 5.75 Å². The minimum atomic E-state index is -0.0557. The smallest absolute Gasteiger partial charge is 0.127 e. The van der Waals surface area contributed by atoms with Gasteiger partial charge in [-0.1, -0.05) is 59.7 Å². The molecule has 0 amide bonds. The molecular formula is C19H26NOP. The average Bonchev–Trinajstić information content (AvgIpc) is 2.43. The van der Waals surface area contributed by atoms with Crippen LogP contribution in [0, 0.1) is 6.92 Å². The molecule has 22 heavy (non-hydrogen) atoms. The fourth-order valence-electron chi connectivity index (χ4n) is 2.58. The lowest BCUT2D eigenvalue weighted by Crippen LogP contribution is -2.18. The Morgan fingerprint density at radius 1 is 1.09 bits per heavy atom. The van der Waals surface area contributed by atoms with Gasteiger partial charge < -0.3 is 10.4 Å².